The summed E-state index contributed by atoms with van der Waals surface area (Å²) in [6.07, 6.45) is 5.76. The number of rotatable bonds is 4. The number of nitrogens with zero attached hydrogens (tertiary/aromatic N) is 4. The highest BCUT2D eigenvalue weighted by Gasteiger charge is 2.25. The van der Waals surface area contributed by atoms with Crippen LogP contribution in [0.5, 0.6) is 0 Å². The molecule has 1 saturated heterocycles. The van der Waals surface area contributed by atoms with E-state index in [0.717, 1.165) is 56.8 Å². The number of piperazine rings is 1. The first kappa shape index (κ1) is 25.7. The van der Waals surface area contributed by atoms with Crippen LogP contribution < -0.4 is 4.90 Å². The zero-order valence-electron chi connectivity index (χ0n) is 20.8. The molecule has 2 heterocycles. The Labute approximate surface area is 199 Å². The number of β-amino-alcohol motifs (C(OH)–C–C–N with tert-alkyl or cyclic N) is 1. The summed E-state index contributed by atoms with van der Waals surface area (Å²) in [6.45, 7) is 12.3. The van der Waals surface area contributed by atoms with E-state index >= 15 is 0 Å². The van der Waals surface area contributed by atoms with Crippen molar-refractivity contribution in [3.8, 4) is 0 Å². The molecule has 0 aromatic heterocycles. The van der Waals surface area contributed by atoms with Crippen molar-refractivity contribution in [2.45, 2.75) is 65.5 Å². The molecule has 33 heavy (non-hydrogen) atoms. The van der Waals surface area contributed by atoms with Gasteiger partial charge in [0.2, 0.25) is 5.91 Å². The molecular weight excluding hydrogens is 416 g/mol. The number of hydrogen-bond acceptors (Lipinski definition) is 5. The first-order valence-corrected chi connectivity index (χ1v) is 12.7. The number of amides is 2. The van der Waals surface area contributed by atoms with Crippen molar-refractivity contribution >= 4 is 17.5 Å². The average Bonchev–Trinajstić information content (AvgIpc) is 2.79. The lowest BCUT2D eigenvalue weighted by molar-refractivity contribution is -0.116. The topological polar surface area (TPSA) is 67.3 Å². The Bertz CT molecular complexity index is 790. The third-order valence-corrected chi connectivity index (χ3v) is 7.00. The van der Waals surface area contributed by atoms with Crippen molar-refractivity contribution in [3.05, 3.63) is 29.3 Å². The van der Waals surface area contributed by atoms with Crippen LogP contribution in [-0.4, -0.2) is 90.1 Å². The third kappa shape index (κ3) is 7.01. The van der Waals surface area contributed by atoms with Crippen LogP contribution in [0.4, 0.5) is 5.69 Å². The molecule has 1 aromatic rings. The van der Waals surface area contributed by atoms with E-state index in [4.69, 9.17) is 5.11 Å². The van der Waals surface area contributed by atoms with Crippen LogP contribution in [0, 0.1) is 0 Å². The molecule has 0 atom stereocenters. The van der Waals surface area contributed by atoms with E-state index in [1.54, 1.807) is 6.92 Å². The van der Waals surface area contributed by atoms with Gasteiger partial charge in [-0.1, -0.05) is 19.3 Å². The van der Waals surface area contributed by atoms with Crippen LogP contribution in [0.1, 0.15) is 68.8 Å². The number of hydrogen-bond donors (Lipinski definition) is 1. The van der Waals surface area contributed by atoms with Gasteiger partial charge in [0.1, 0.15) is 0 Å². The van der Waals surface area contributed by atoms with Crippen molar-refractivity contribution in [2.75, 3.05) is 57.3 Å². The minimum Gasteiger partial charge on any atom is -0.395 e. The minimum atomic E-state index is 0.0537. The van der Waals surface area contributed by atoms with Crippen molar-refractivity contribution < 1.29 is 14.7 Å². The van der Waals surface area contributed by atoms with Gasteiger partial charge in [-0.25, -0.2) is 0 Å². The number of aliphatic hydroxyl groups excluding tert-OH is 1. The summed E-state index contributed by atoms with van der Waals surface area (Å²) in [5.41, 5.74) is 2.70. The smallest absolute Gasteiger partial charge is 0.253 e. The second kappa shape index (κ2) is 12.5. The van der Waals surface area contributed by atoms with Crippen LogP contribution in [-0.2, 0) is 11.3 Å². The molecule has 0 radical (unpaired) electrons. The first-order valence-electron chi connectivity index (χ1n) is 12.7. The fourth-order valence-corrected chi connectivity index (χ4v) is 4.91. The molecule has 0 bridgehead atoms. The van der Waals surface area contributed by atoms with Crippen LogP contribution >= 0.6 is 0 Å². The summed E-state index contributed by atoms with van der Waals surface area (Å²) in [5.74, 6) is 0.113. The van der Waals surface area contributed by atoms with Crippen molar-refractivity contribution in [1.82, 2.24) is 14.7 Å². The highest BCUT2D eigenvalue weighted by atomic mass is 16.3. The quantitative estimate of drug-likeness (QED) is 0.751. The number of carbonyl (C=O) groups is 2. The Balaban J connectivity index is 1.88. The fraction of sp³-hybridized carbons (Fsp3) is 0.692. The Morgan fingerprint density at radius 3 is 2.24 bits per heavy atom. The third-order valence-electron chi connectivity index (χ3n) is 7.00. The highest BCUT2D eigenvalue weighted by Crippen LogP contribution is 2.27. The zero-order chi connectivity index (χ0) is 23.8. The maximum absolute atomic E-state index is 13.3. The first-order chi connectivity index (χ1) is 15.9. The molecule has 2 aliphatic heterocycles. The van der Waals surface area contributed by atoms with Gasteiger partial charge in [0, 0.05) is 70.0 Å². The fourth-order valence-electron chi connectivity index (χ4n) is 4.91. The largest absolute Gasteiger partial charge is 0.395 e. The molecule has 1 aromatic carbocycles. The van der Waals surface area contributed by atoms with E-state index in [2.05, 4.69) is 23.6 Å². The van der Waals surface area contributed by atoms with Crippen LogP contribution in [0.2, 0.25) is 0 Å². The summed E-state index contributed by atoms with van der Waals surface area (Å²) in [6, 6.07) is 6.29. The van der Waals surface area contributed by atoms with E-state index in [0.29, 0.717) is 31.2 Å². The monoisotopic (exact) mass is 458 g/mol. The van der Waals surface area contributed by atoms with Gasteiger partial charge in [0.15, 0.2) is 0 Å². The van der Waals surface area contributed by atoms with Gasteiger partial charge in [-0.3, -0.25) is 19.4 Å². The van der Waals surface area contributed by atoms with E-state index in [-0.39, 0.29) is 18.4 Å². The molecule has 7 nitrogen and oxygen atoms in total. The standard InChI is InChI=1S/C26H42N4O3/c1-21(2)29-11-7-5-4-6-8-12-30(22(3)32)25-10-9-23(19-24(25)20-29)26(33)28-15-13-27(14-16-28)17-18-31/h9-10,19,21,31H,4-8,11-18,20H2,1-3H3. The average molecular weight is 459 g/mol. The molecule has 0 spiro atoms. The van der Waals surface area contributed by atoms with Gasteiger partial charge in [-0.2, -0.15) is 0 Å². The van der Waals surface area contributed by atoms with Gasteiger partial charge in [-0.05, 0) is 57.0 Å². The maximum Gasteiger partial charge on any atom is 0.253 e. The zero-order valence-corrected chi connectivity index (χ0v) is 20.8. The molecule has 184 valence electrons. The number of benzene rings is 1. The van der Waals surface area contributed by atoms with E-state index < -0.39 is 0 Å². The van der Waals surface area contributed by atoms with Crippen molar-refractivity contribution in [2.24, 2.45) is 0 Å². The van der Waals surface area contributed by atoms with Gasteiger partial charge < -0.3 is 14.9 Å². The Morgan fingerprint density at radius 1 is 0.939 bits per heavy atom. The molecule has 1 N–H and O–H groups in total. The second-order valence-electron chi connectivity index (χ2n) is 9.70. The lowest BCUT2D eigenvalue weighted by Gasteiger charge is -2.35. The molecule has 2 aliphatic rings. The molecule has 0 aliphatic carbocycles. The molecule has 0 saturated carbocycles. The molecule has 3 rings (SSSR count). The number of anilines is 1. The summed E-state index contributed by atoms with van der Waals surface area (Å²) in [4.78, 5) is 34.3. The van der Waals surface area contributed by atoms with Crippen molar-refractivity contribution in [3.63, 3.8) is 0 Å². The lowest BCUT2D eigenvalue weighted by atomic mass is 10.0. The van der Waals surface area contributed by atoms with E-state index in [9.17, 15) is 9.59 Å². The van der Waals surface area contributed by atoms with Gasteiger partial charge in [0.05, 0.1) is 6.61 Å². The summed E-state index contributed by atoms with van der Waals surface area (Å²) in [7, 11) is 0. The van der Waals surface area contributed by atoms with Gasteiger partial charge in [-0.15, -0.1) is 0 Å². The Kier molecular flexibility index (Phi) is 9.71. The number of fused-ring (bicyclic) bond motifs is 1. The summed E-state index contributed by atoms with van der Waals surface area (Å²) in [5, 5.41) is 9.16. The lowest BCUT2D eigenvalue weighted by Crippen LogP contribution is -2.49. The Hall–Kier alpha value is -1.96. The predicted molar refractivity (Wildman–Crippen MR) is 133 cm³/mol. The second-order valence-corrected chi connectivity index (χ2v) is 9.70. The summed E-state index contributed by atoms with van der Waals surface area (Å²) >= 11 is 0. The van der Waals surface area contributed by atoms with Crippen LogP contribution in [0.25, 0.3) is 0 Å². The molecule has 7 heteroatoms. The van der Waals surface area contributed by atoms with Crippen LogP contribution in [0.15, 0.2) is 18.2 Å². The molecule has 2 amide bonds. The predicted octanol–water partition coefficient (Wildman–Crippen LogP) is 2.96. The van der Waals surface area contributed by atoms with E-state index in [1.165, 1.54) is 19.3 Å². The number of aliphatic hydroxyl groups is 1. The molecule has 1 fully saturated rings. The van der Waals surface area contributed by atoms with Crippen LogP contribution in [0.3, 0.4) is 0 Å². The normalized spacial score (nSPS) is 19.7. The number of carbonyl (C=O) groups excluding carboxylic acids is 2. The van der Waals surface area contributed by atoms with Crippen molar-refractivity contribution in [1.29, 1.82) is 0 Å². The van der Waals surface area contributed by atoms with E-state index in [1.807, 2.05) is 28.0 Å². The van der Waals surface area contributed by atoms with Gasteiger partial charge >= 0.3 is 0 Å². The molecular formula is C26H42N4O3. The summed E-state index contributed by atoms with van der Waals surface area (Å²) < 4.78 is 0. The van der Waals surface area contributed by atoms with Gasteiger partial charge in [0.25, 0.3) is 5.91 Å². The highest BCUT2D eigenvalue weighted by molar-refractivity contribution is 5.97. The minimum absolute atomic E-state index is 0.0537. The molecule has 0 unspecified atom stereocenters. The Morgan fingerprint density at radius 2 is 1.61 bits per heavy atom. The SMILES string of the molecule is CC(=O)N1CCCCCCCN(C(C)C)Cc2cc(C(=O)N3CCN(CCO)CC3)ccc21. The maximum atomic E-state index is 13.3.